The number of nitrogens with one attached hydrogen (secondary N) is 1. The molecule has 29 heavy (non-hydrogen) atoms. The standard InChI is InChI=1S/C26H41NO2/c1-25-11-7-18(4-3-17-9-13-27-14-10-17)15-22(25)23(28)16-19-20-5-6-24(29)26(20,2)12-8-21(19)25/h4,17,19-23,27-28H,3,5-16H2,1-2H3/b18-4-/t19?,20?,21?,22?,23-,25+,26-/m0/s1. The third-order valence-electron chi connectivity index (χ3n) is 10.5. The van der Waals surface area contributed by atoms with Crippen molar-refractivity contribution in [2.45, 2.75) is 90.6 Å². The molecule has 0 amide bonds. The average Bonchev–Trinajstić information content (AvgIpc) is 3.03. The summed E-state index contributed by atoms with van der Waals surface area (Å²) >= 11 is 0. The molecule has 5 aliphatic rings. The summed E-state index contributed by atoms with van der Waals surface area (Å²) in [5, 5.41) is 14.8. The van der Waals surface area contributed by atoms with Gasteiger partial charge in [-0.05, 0) is 112 Å². The summed E-state index contributed by atoms with van der Waals surface area (Å²) in [5.74, 6) is 3.60. The van der Waals surface area contributed by atoms with E-state index in [9.17, 15) is 9.90 Å². The SMILES string of the molecule is C[C@]12CC/C(=C/CC3CCNCC3)CC1[C@@H](O)CC1C2CC[C@]2(C)C(=O)CCC12. The van der Waals surface area contributed by atoms with Crippen LogP contribution >= 0.6 is 0 Å². The fraction of sp³-hybridized carbons (Fsp3) is 0.885. The predicted octanol–water partition coefficient (Wildman–Crippen LogP) is 4.89. The Morgan fingerprint density at radius 2 is 1.83 bits per heavy atom. The second-order valence-corrected chi connectivity index (χ2v) is 11.7. The van der Waals surface area contributed by atoms with E-state index >= 15 is 0 Å². The van der Waals surface area contributed by atoms with Crippen LogP contribution in [0.4, 0.5) is 0 Å². The van der Waals surface area contributed by atoms with Gasteiger partial charge < -0.3 is 10.4 Å². The summed E-state index contributed by atoms with van der Waals surface area (Å²) in [7, 11) is 0. The molecular formula is C26H41NO2. The van der Waals surface area contributed by atoms with Gasteiger partial charge >= 0.3 is 0 Å². The van der Waals surface area contributed by atoms with Gasteiger partial charge in [0.25, 0.3) is 0 Å². The Morgan fingerprint density at radius 3 is 2.62 bits per heavy atom. The van der Waals surface area contributed by atoms with Gasteiger partial charge in [0.05, 0.1) is 6.10 Å². The highest BCUT2D eigenvalue weighted by Gasteiger charge is 2.61. The van der Waals surface area contributed by atoms with Gasteiger partial charge in [0.1, 0.15) is 5.78 Å². The van der Waals surface area contributed by atoms with E-state index in [1.54, 1.807) is 5.57 Å². The smallest absolute Gasteiger partial charge is 0.139 e. The minimum Gasteiger partial charge on any atom is -0.393 e. The molecule has 1 aliphatic heterocycles. The largest absolute Gasteiger partial charge is 0.393 e. The van der Waals surface area contributed by atoms with E-state index in [1.165, 1.54) is 51.6 Å². The number of fused-ring (bicyclic) bond motifs is 5. The Hall–Kier alpha value is -0.670. The van der Waals surface area contributed by atoms with E-state index in [4.69, 9.17) is 0 Å². The van der Waals surface area contributed by atoms with Gasteiger partial charge in [-0.1, -0.05) is 25.5 Å². The van der Waals surface area contributed by atoms with Crippen molar-refractivity contribution in [1.82, 2.24) is 5.32 Å². The normalized spacial score (nSPS) is 49.6. The van der Waals surface area contributed by atoms with Crippen molar-refractivity contribution in [1.29, 1.82) is 0 Å². The molecule has 1 heterocycles. The Labute approximate surface area is 177 Å². The van der Waals surface area contributed by atoms with E-state index in [0.29, 0.717) is 29.5 Å². The Kier molecular flexibility index (Phi) is 5.22. The zero-order valence-electron chi connectivity index (χ0n) is 18.6. The lowest BCUT2D eigenvalue weighted by molar-refractivity contribution is -0.155. The van der Waals surface area contributed by atoms with Crippen LogP contribution in [-0.2, 0) is 4.79 Å². The number of carbonyl (C=O) groups is 1. The first-order valence-corrected chi connectivity index (χ1v) is 12.5. The summed E-state index contributed by atoms with van der Waals surface area (Å²) in [5.41, 5.74) is 1.81. The zero-order valence-corrected chi connectivity index (χ0v) is 18.6. The number of hydrogen-bond donors (Lipinski definition) is 2. The predicted molar refractivity (Wildman–Crippen MR) is 116 cm³/mol. The second kappa shape index (κ2) is 7.48. The minimum absolute atomic E-state index is 0.0847. The Bertz CT molecular complexity index is 680. The Morgan fingerprint density at radius 1 is 1.03 bits per heavy atom. The van der Waals surface area contributed by atoms with E-state index in [1.807, 2.05) is 0 Å². The van der Waals surface area contributed by atoms with Crippen molar-refractivity contribution in [3.05, 3.63) is 11.6 Å². The molecule has 4 aliphatic carbocycles. The first-order chi connectivity index (χ1) is 13.9. The van der Waals surface area contributed by atoms with E-state index < -0.39 is 0 Å². The molecule has 1 saturated heterocycles. The maximum Gasteiger partial charge on any atom is 0.139 e. The fourth-order valence-corrected chi connectivity index (χ4v) is 8.55. The van der Waals surface area contributed by atoms with Crippen LogP contribution in [0.15, 0.2) is 11.6 Å². The molecule has 5 fully saturated rings. The van der Waals surface area contributed by atoms with Gasteiger partial charge in [-0.25, -0.2) is 0 Å². The molecular weight excluding hydrogens is 358 g/mol. The third kappa shape index (κ3) is 3.26. The van der Waals surface area contributed by atoms with Gasteiger partial charge in [0.2, 0.25) is 0 Å². The van der Waals surface area contributed by atoms with Crippen molar-refractivity contribution >= 4 is 5.78 Å². The molecule has 0 aromatic heterocycles. The molecule has 7 atom stereocenters. The topological polar surface area (TPSA) is 49.3 Å². The van der Waals surface area contributed by atoms with Crippen molar-refractivity contribution < 1.29 is 9.90 Å². The number of ketones is 1. The van der Waals surface area contributed by atoms with Gasteiger partial charge in [-0.15, -0.1) is 0 Å². The molecule has 5 rings (SSSR count). The minimum atomic E-state index is -0.179. The maximum atomic E-state index is 12.6. The molecule has 2 N–H and O–H groups in total. The quantitative estimate of drug-likeness (QED) is 0.650. The van der Waals surface area contributed by atoms with Crippen molar-refractivity contribution in [3.8, 4) is 0 Å². The first kappa shape index (κ1) is 20.2. The molecule has 0 radical (unpaired) electrons. The van der Waals surface area contributed by atoms with Gasteiger partial charge in [-0.3, -0.25) is 4.79 Å². The molecule has 3 heteroatoms. The lowest BCUT2D eigenvalue weighted by Gasteiger charge is -2.61. The van der Waals surface area contributed by atoms with Crippen LogP contribution in [0.3, 0.4) is 0 Å². The van der Waals surface area contributed by atoms with Gasteiger partial charge in [-0.2, -0.15) is 0 Å². The van der Waals surface area contributed by atoms with Crippen LogP contribution < -0.4 is 5.32 Å². The molecule has 4 saturated carbocycles. The van der Waals surface area contributed by atoms with Crippen LogP contribution in [0.5, 0.6) is 0 Å². The molecule has 0 aromatic carbocycles. The van der Waals surface area contributed by atoms with Crippen molar-refractivity contribution in [2.24, 2.45) is 40.4 Å². The summed E-state index contributed by atoms with van der Waals surface area (Å²) in [6.45, 7) is 7.10. The number of aliphatic hydroxyl groups is 1. The number of hydrogen-bond acceptors (Lipinski definition) is 3. The number of piperidine rings is 1. The van der Waals surface area contributed by atoms with Gasteiger partial charge in [0.15, 0.2) is 0 Å². The Balaban J connectivity index is 1.32. The third-order valence-corrected chi connectivity index (χ3v) is 10.5. The summed E-state index contributed by atoms with van der Waals surface area (Å²) in [4.78, 5) is 12.6. The molecule has 0 bridgehead atoms. The molecule has 162 valence electrons. The second-order valence-electron chi connectivity index (χ2n) is 11.7. The number of aliphatic hydroxyl groups excluding tert-OH is 1. The molecule has 3 nitrogen and oxygen atoms in total. The molecule has 4 unspecified atom stereocenters. The number of rotatable bonds is 2. The number of allylic oxidation sites excluding steroid dienone is 2. The number of Topliss-reactive ketones (excluding diaryl/α,β-unsaturated/α-hetero) is 1. The summed E-state index contributed by atoms with van der Waals surface area (Å²) < 4.78 is 0. The highest BCUT2D eigenvalue weighted by atomic mass is 16.3. The van der Waals surface area contributed by atoms with Crippen LogP contribution in [0.2, 0.25) is 0 Å². The van der Waals surface area contributed by atoms with E-state index in [-0.39, 0.29) is 16.9 Å². The van der Waals surface area contributed by atoms with E-state index in [2.05, 4.69) is 25.2 Å². The summed E-state index contributed by atoms with van der Waals surface area (Å²) in [6.07, 6.45) is 14.9. The monoisotopic (exact) mass is 399 g/mol. The van der Waals surface area contributed by atoms with Crippen LogP contribution in [0.1, 0.15) is 84.5 Å². The zero-order chi connectivity index (χ0) is 20.2. The van der Waals surface area contributed by atoms with E-state index in [0.717, 1.165) is 38.0 Å². The lowest BCUT2D eigenvalue weighted by Crippen LogP contribution is -2.57. The van der Waals surface area contributed by atoms with Crippen molar-refractivity contribution in [3.63, 3.8) is 0 Å². The van der Waals surface area contributed by atoms with Crippen molar-refractivity contribution in [2.75, 3.05) is 13.1 Å². The van der Waals surface area contributed by atoms with Gasteiger partial charge in [0, 0.05) is 11.8 Å². The van der Waals surface area contributed by atoms with Crippen LogP contribution in [0.25, 0.3) is 0 Å². The number of carbonyl (C=O) groups excluding carboxylic acids is 1. The highest BCUT2D eigenvalue weighted by molar-refractivity contribution is 5.87. The molecule has 0 aromatic rings. The average molecular weight is 400 g/mol. The summed E-state index contributed by atoms with van der Waals surface area (Å²) in [6, 6.07) is 0. The molecule has 0 spiro atoms. The van der Waals surface area contributed by atoms with Crippen LogP contribution in [0, 0.1) is 40.4 Å². The highest BCUT2D eigenvalue weighted by Crippen LogP contribution is 2.65. The lowest BCUT2D eigenvalue weighted by atomic mass is 9.44. The van der Waals surface area contributed by atoms with Crippen LogP contribution in [-0.4, -0.2) is 30.1 Å². The fourth-order valence-electron chi connectivity index (χ4n) is 8.55. The maximum absolute atomic E-state index is 12.6. The first-order valence-electron chi connectivity index (χ1n) is 12.5.